The van der Waals surface area contributed by atoms with E-state index in [0.717, 1.165) is 41.6 Å². The summed E-state index contributed by atoms with van der Waals surface area (Å²) in [6.45, 7) is 0. The second-order valence-electron chi connectivity index (χ2n) is 4.40. The van der Waals surface area contributed by atoms with Crippen molar-refractivity contribution in [3.05, 3.63) is 22.7 Å². The molecule has 1 amide bonds. The largest absolute Gasteiger partial charge is 0.475 e. The predicted octanol–water partition coefficient (Wildman–Crippen LogP) is 3.09. The number of carbonyl (C=O) groups is 1. The number of hydrogen-bond donors (Lipinski definition) is 1. The number of halogens is 1. The third-order valence-electron chi connectivity index (χ3n) is 3.32. The minimum absolute atomic E-state index is 0.0137. The van der Waals surface area contributed by atoms with Crippen molar-refractivity contribution in [1.82, 2.24) is 0 Å². The summed E-state index contributed by atoms with van der Waals surface area (Å²) in [6.07, 6.45) is 3.78. The number of carbonyl (C=O) groups excluding carboxylic acids is 1. The molecule has 0 aromatic heterocycles. The zero-order chi connectivity index (χ0) is 11.2. The zero-order valence-electron chi connectivity index (χ0n) is 8.75. The standard InChI is InChI=1S/C12H12BrNO2/c13-8-3-4-9-10(7-8)16-12(11(15)14-9)5-1-2-6-12/h3-4,7H,1-2,5-6H2,(H,14,15). The molecule has 0 bridgehead atoms. The molecular formula is C12H12BrNO2. The fraction of sp³-hybridized carbons (Fsp3) is 0.417. The van der Waals surface area contributed by atoms with Crippen molar-refractivity contribution in [2.75, 3.05) is 5.32 Å². The number of hydrogen-bond acceptors (Lipinski definition) is 2. The molecule has 3 rings (SSSR count). The molecule has 1 heterocycles. The SMILES string of the molecule is O=C1Nc2ccc(Br)cc2OC12CCCC2. The normalized spacial score (nSPS) is 21.4. The van der Waals surface area contributed by atoms with Crippen LogP contribution >= 0.6 is 15.9 Å². The summed E-state index contributed by atoms with van der Waals surface area (Å²) in [4.78, 5) is 12.0. The fourth-order valence-corrected chi connectivity index (χ4v) is 2.79. The van der Waals surface area contributed by atoms with Gasteiger partial charge in [-0.3, -0.25) is 4.79 Å². The van der Waals surface area contributed by atoms with Gasteiger partial charge in [-0.2, -0.15) is 0 Å². The summed E-state index contributed by atoms with van der Waals surface area (Å²) in [6, 6.07) is 5.67. The Balaban J connectivity index is 2.02. The second-order valence-corrected chi connectivity index (χ2v) is 5.31. The van der Waals surface area contributed by atoms with E-state index in [-0.39, 0.29) is 5.91 Å². The first-order chi connectivity index (χ1) is 7.70. The highest BCUT2D eigenvalue weighted by Crippen LogP contribution is 2.42. The summed E-state index contributed by atoms with van der Waals surface area (Å²) >= 11 is 3.41. The van der Waals surface area contributed by atoms with Gasteiger partial charge in [-0.15, -0.1) is 0 Å². The summed E-state index contributed by atoms with van der Waals surface area (Å²) in [5, 5.41) is 2.94. The van der Waals surface area contributed by atoms with Crippen molar-refractivity contribution in [2.45, 2.75) is 31.3 Å². The molecule has 1 aromatic rings. The van der Waals surface area contributed by atoms with Crippen LogP contribution in [0.4, 0.5) is 5.69 Å². The highest BCUT2D eigenvalue weighted by molar-refractivity contribution is 9.10. The van der Waals surface area contributed by atoms with Gasteiger partial charge in [-0.05, 0) is 43.9 Å². The van der Waals surface area contributed by atoms with Crippen molar-refractivity contribution in [2.24, 2.45) is 0 Å². The first kappa shape index (κ1) is 10.1. The summed E-state index contributed by atoms with van der Waals surface area (Å²) < 4.78 is 6.90. The maximum Gasteiger partial charge on any atom is 0.268 e. The lowest BCUT2D eigenvalue weighted by Gasteiger charge is -2.34. The number of ether oxygens (including phenoxy) is 1. The fourth-order valence-electron chi connectivity index (χ4n) is 2.45. The van der Waals surface area contributed by atoms with E-state index in [1.807, 2.05) is 18.2 Å². The van der Waals surface area contributed by atoms with Gasteiger partial charge in [0, 0.05) is 4.47 Å². The molecule has 84 valence electrons. The average molecular weight is 282 g/mol. The van der Waals surface area contributed by atoms with Crippen LogP contribution in [0.3, 0.4) is 0 Å². The van der Waals surface area contributed by atoms with Gasteiger partial charge in [-0.25, -0.2) is 0 Å². The molecule has 1 aliphatic carbocycles. The molecule has 0 atom stereocenters. The van der Waals surface area contributed by atoms with E-state index in [0.29, 0.717) is 0 Å². The Bertz CT molecular complexity index is 452. The molecule has 2 aliphatic rings. The van der Waals surface area contributed by atoms with E-state index in [2.05, 4.69) is 21.2 Å². The molecule has 1 aromatic carbocycles. The van der Waals surface area contributed by atoms with Gasteiger partial charge in [0.15, 0.2) is 5.60 Å². The quantitative estimate of drug-likeness (QED) is 0.794. The number of fused-ring (bicyclic) bond motifs is 1. The lowest BCUT2D eigenvalue weighted by atomic mass is 9.99. The Morgan fingerprint density at radius 3 is 2.81 bits per heavy atom. The van der Waals surface area contributed by atoms with Gasteiger partial charge in [0.2, 0.25) is 0 Å². The first-order valence-electron chi connectivity index (χ1n) is 5.50. The number of nitrogens with one attached hydrogen (secondary N) is 1. The maximum absolute atomic E-state index is 12.0. The van der Waals surface area contributed by atoms with Crippen molar-refractivity contribution in [1.29, 1.82) is 0 Å². The lowest BCUT2D eigenvalue weighted by molar-refractivity contribution is -0.131. The van der Waals surface area contributed by atoms with Crippen LogP contribution in [0.25, 0.3) is 0 Å². The molecular weight excluding hydrogens is 270 g/mol. The molecule has 4 heteroatoms. The molecule has 16 heavy (non-hydrogen) atoms. The van der Waals surface area contributed by atoms with Crippen molar-refractivity contribution in [3.8, 4) is 5.75 Å². The minimum Gasteiger partial charge on any atom is -0.475 e. The van der Waals surface area contributed by atoms with E-state index in [1.165, 1.54) is 0 Å². The van der Waals surface area contributed by atoms with E-state index < -0.39 is 5.60 Å². The van der Waals surface area contributed by atoms with Crippen molar-refractivity contribution >= 4 is 27.5 Å². The monoisotopic (exact) mass is 281 g/mol. The minimum atomic E-state index is -0.603. The topological polar surface area (TPSA) is 38.3 Å². The Morgan fingerprint density at radius 2 is 2.06 bits per heavy atom. The molecule has 1 N–H and O–H groups in total. The Kier molecular flexibility index (Phi) is 2.21. The van der Waals surface area contributed by atoms with Gasteiger partial charge in [0.1, 0.15) is 5.75 Å². The van der Waals surface area contributed by atoms with Crippen molar-refractivity contribution in [3.63, 3.8) is 0 Å². The predicted molar refractivity (Wildman–Crippen MR) is 64.6 cm³/mol. The summed E-state index contributed by atoms with van der Waals surface area (Å²) in [7, 11) is 0. The van der Waals surface area contributed by atoms with Crippen LogP contribution in [0, 0.1) is 0 Å². The highest BCUT2D eigenvalue weighted by atomic mass is 79.9. The zero-order valence-corrected chi connectivity index (χ0v) is 10.3. The summed E-state index contributed by atoms with van der Waals surface area (Å²) in [5.74, 6) is 0.788. The molecule has 3 nitrogen and oxygen atoms in total. The highest BCUT2D eigenvalue weighted by Gasteiger charge is 2.46. The third kappa shape index (κ3) is 1.44. The number of amides is 1. The Hall–Kier alpha value is -1.03. The molecule has 1 fully saturated rings. The first-order valence-corrected chi connectivity index (χ1v) is 6.29. The lowest BCUT2D eigenvalue weighted by Crippen LogP contribution is -2.48. The van der Waals surface area contributed by atoms with Crippen LogP contribution in [-0.2, 0) is 4.79 Å². The van der Waals surface area contributed by atoms with Crippen LogP contribution < -0.4 is 10.1 Å². The van der Waals surface area contributed by atoms with Crippen LogP contribution in [0.15, 0.2) is 22.7 Å². The number of benzene rings is 1. The van der Waals surface area contributed by atoms with Crippen molar-refractivity contribution < 1.29 is 9.53 Å². The Labute approximate surface area is 102 Å². The molecule has 0 unspecified atom stereocenters. The average Bonchev–Trinajstić information content (AvgIpc) is 2.70. The molecule has 1 spiro atoms. The molecule has 0 radical (unpaired) electrons. The molecule has 1 saturated carbocycles. The van der Waals surface area contributed by atoms with Crippen LogP contribution in [0.2, 0.25) is 0 Å². The van der Waals surface area contributed by atoms with Gasteiger partial charge >= 0.3 is 0 Å². The number of rotatable bonds is 0. The van der Waals surface area contributed by atoms with Gasteiger partial charge in [0.05, 0.1) is 5.69 Å². The molecule has 0 saturated heterocycles. The van der Waals surface area contributed by atoms with Gasteiger partial charge in [0.25, 0.3) is 5.91 Å². The smallest absolute Gasteiger partial charge is 0.268 e. The van der Waals surface area contributed by atoms with E-state index in [1.54, 1.807) is 0 Å². The Morgan fingerprint density at radius 1 is 1.31 bits per heavy atom. The molecule has 1 aliphatic heterocycles. The van der Waals surface area contributed by atoms with Crippen LogP contribution in [0.1, 0.15) is 25.7 Å². The number of anilines is 1. The van der Waals surface area contributed by atoms with Gasteiger partial charge in [-0.1, -0.05) is 15.9 Å². The maximum atomic E-state index is 12.0. The van der Waals surface area contributed by atoms with Crippen LogP contribution in [0.5, 0.6) is 5.75 Å². The van der Waals surface area contributed by atoms with E-state index >= 15 is 0 Å². The van der Waals surface area contributed by atoms with E-state index in [9.17, 15) is 4.79 Å². The van der Waals surface area contributed by atoms with E-state index in [4.69, 9.17) is 4.74 Å². The summed E-state index contributed by atoms with van der Waals surface area (Å²) in [5.41, 5.74) is 0.166. The second kappa shape index (κ2) is 3.48. The van der Waals surface area contributed by atoms with Gasteiger partial charge < -0.3 is 10.1 Å². The third-order valence-corrected chi connectivity index (χ3v) is 3.82. The van der Waals surface area contributed by atoms with Crippen LogP contribution in [-0.4, -0.2) is 11.5 Å².